The molecule has 0 atom stereocenters. The third-order valence-corrected chi connectivity index (χ3v) is 3.34. The SMILES string of the molecule is O=C(O)c1ccc(Cl)cc1CCc1cccc(Cl)c1. The highest BCUT2D eigenvalue weighted by atomic mass is 35.5. The minimum atomic E-state index is -0.933. The van der Waals surface area contributed by atoms with Gasteiger partial charge < -0.3 is 5.11 Å². The molecule has 0 fully saturated rings. The van der Waals surface area contributed by atoms with E-state index in [1.807, 2.05) is 24.3 Å². The molecule has 19 heavy (non-hydrogen) atoms. The highest BCUT2D eigenvalue weighted by molar-refractivity contribution is 6.31. The van der Waals surface area contributed by atoms with Gasteiger partial charge in [-0.2, -0.15) is 0 Å². The van der Waals surface area contributed by atoms with E-state index in [1.165, 1.54) is 6.07 Å². The number of rotatable bonds is 4. The van der Waals surface area contributed by atoms with E-state index in [2.05, 4.69) is 0 Å². The van der Waals surface area contributed by atoms with Crippen molar-refractivity contribution in [3.8, 4) is 0 Å². The first-order valence-corrected chi connectivity index (χ1v) is 6.58. The van der Waals surface area contributed by atoms with Crippen molar-refractivity contribution in [2.75, 3.05) is 0 Å². The molecule has 2 nitrogen and oxygen atoms in total. The van der Waals surface area contributed by atoms with Crippen LogP contribution in [-0.4, -0.2) is 11.1 Å². The van der Waals surface area contributed by atoms with Gasteiger partial charge in [0.1, 0.15) is 0 Å². The summed E-state index contributed by atoms with van der Waals surface area (Å²) in [6.45, 7) is 0. The van der Waals surface area contributed by atoms with Crippen LogP contribution in [0.25, 0.3) is 0 Å². The largest absolute Gasteiger partial charge is 0.478 e. The minimum absolute atomic E-state index is 0.298. The zero-order valence-corrected chi connectivity index (χ0v) is 11.6. The normalized spacial score (nSPS) is 10.4. The first kappa shape index (κ1) is 13.9. The average Bonchev–Trinajstić information content (AvgIpc) is 2.36. The fourth-order valence-electron chi connectivity index (χ4n) is 1.95. The lowest BCUT2D eigenvalue weighted by molar-refractivity contribution is 0.0695. The number of carbonyl (C=O) groups is 1. The monoisotopic (exact) mass is 294 g/mol. The van der Waals surface area contributed by atoms with Crippen LogP contribution >= 0.6 is 23.2 Å². The lowest BCUT2D eigenvalue weighted by Gasteiger charge is -2.07. The summed E-state index contributed by atoms with van der Waals surface area (Å²) < 4.78 is 0. The van der Waals surface area contributed by atoms with Crippen molar-refractivity contribution in [3.05, 3.63) is 69.2 Å². The zero-order valence-electron chi connectivity index (χ0n) is 10.1. The Morgan fingerprint density at radius 3 is 2.42 bits per heavy atom. The van der Waals surface area contributed by atoms with E-state index >= 15 is 0 Å². The van der Waals surface area contributed by atoms with E-state index in [0.29, 0.717) is 22.0 Å². The van der Waals surface area contributed by atoms with Gasteiger partial charge in [-0.3, -0.25) is 0 Å². The van der Waals surface area contributed by atoms with Crippen LogP contribution in [0.1, 0.15) is 21.5 Å². The molecule has 0 amide bonds. The summed E-state index contributed by atoms with van der Waals surface area (Å²) in [5, 5.41) is 10.4. The Kier molecular flexibility index (Phi) is 4.46. The summed E-state index contributed by atoms with van der Waals surface area (Å²) in [5.41, 5.74) is 2.11. The van der Waals surface area contributed by atoms with Gasteiger partial charge in [-0.05, 0) is 54.3 Å². The maximum absolute atomic E-state index is 11.1. The summed E-state index contributed by atoms with van der Waals surface area (Å²) in [6.07, 6.45) is 1.34. The fourth-order valence-corrected chi connectivity index (χ4v) is 2.36. The van der Waals surface area contributed by atoms with Crippen molar-refractivity contribution in [2.45, 2.75) is 12.8 Å². The predicted octanol–water partition coefficient (Wildman–Crippen LogP) is 4.48. The number of aryl methyl sites for hydroxylation is 2. The van der Waals surface area contributed by atoms with Crippen LogP contribution in [-0.2, 0) is 12.8 Å². The number of carboxylic acid groups (broad SMARTS) is 1. The van der Waals surface area contributed by atoms with Crippen molar-refractivity contribution >= 4 is 29.2 Å². The van der Waals surface area contributed by atoms with Gasteiger partial charge in [0.25, 0.3) is 0 Å². The summed E-state index contributed by atoms with van der Waals surface area (Å²) in [5.74, 6) is -0.933. The molecular formula is C15H12Cl2O2. The maximum Gasteiger partial charge on any atom is 0.335 e. The van der Waals surface area contributed by atoms with E-state index in [-0.39, 0.29) is 0 Å². The molecule has 0 aromatic heterocycles. The molecule has 2 rings (SSSR count). The first-order valence-electron chi connectivity index (χ1n) is 5.82. The van der Waals surface area contributed by atoms with Gasteiger partial charge in [-0.25, -0.2) is 4.79 Å². The molecule has 0 heterocycles. The Morgan fingerprint density at radius 1 is 1.00 bits per heavy atom. The van der Waals surface area contributed by atoms with E-state index in [1.54, 1.807) is 12.1 Å². The second-order valence-corrected chi connectivity index (χ2v) is 5.11. The molecule has 1 N–H and O–H groups in total. The quantitative estimate of drug-likeness (QED) is 0.903. The van der Waals surface area contributed by atoms with Crippen LogP contribution in [0.5, 0.6) is 0 Å². The molecular weight excluding hydrogens is 283 g/mol. The lowest BCUT2D eigenvalue weighted by atomic mass is 10.00. The molecule has 0 saturated heterocycles. The molecule has 2 aromatic rings. The Balaban J connectivity index is 2.19. The molecule has 98 valence electrons. The van der Waals surface area contributed by atoms with Gasteiger partial charge in [0, 0.05) is 10.0 Å². The van der Waals surface area contributed by atoms with Crippen molar-refractivity contribution in [3.63, 3.8) is 0 Å². The van der Waals surface area contributed by atoms with Gasteiger partial charge in [0.2, 0.25) is 0 Å². The van der Waals surface area contributed by atoms with Crippen molar-refractivity contribution in [2.24, 2.45) is 0 Å². The van der Waals surface area contributed by atoms with Crippen LogP contribution in [0.4, 0.5) is 0 Å². The smallest absolute Gasteiger partial charge is 0.335 e. The molecule has 0 aliphatic heterocycles. The molecule has 2 aromatic carbocycles. The van der Waals surface area contributed by atoms with E-state index in [9.17, 15) is 4.79 Å². The van der Waals surface area contributed by atoms with Crippen LogP contribution in [0.2, 0.25) is 10.0 Å². The molecule has 0 unspecified atom stereocenters. The minimum Gasteiger partial charge on any atom is -0.478 e. The van der Waals surface area contributed by atoms with Gasteiger partial charge in [-0.15, -0.1) is 0 Å². The number of halogens is 2. The standard InChI is InChI=1S/C15H12Cl2O2/c16-12-3-1-2-10(8-12)4-5-11-9-13(17)6-7-14(11)15(18)19/h1-3,6-9H,4-5H2,(H,18,19). The highest BCUT2D eigenvalue weighted by Crippen LogP contribution is 2.19. The second kappa shape index (κ2) is 6.09. The average molecular weight is 295 g/mol. The highest BCUT2D eigenvalue weighted by Gasteiger charge is 2.10. The van der Waals surface area contributed by atoms with Crippen molar-refractivity contribution < 1.29 is 9.90 Å². The summed E-state index contributed by atoms with van der Waals surface area (Å²) in [7, 11) is 0. The van der Waals surface area contributed by atoms with Crippen molar-refractivity contribution in [1.29, 1.82) is 0 Å². The maximum atomic E-state index is 11.1. The Morgan fingerprint density at radius 2 is 1.74 bits per heavy atom. The van der Waals surface area contributed by atoms with Gasteiger partial charge in [0.05, 0.1) is 5.56 Å². The van der Waals surface area contributed by atoms with Crippen LogP contribution in [0.15, 0.2) is 42.5 Å². The van der Waals surface area contributed by atoms with Crippen LogP contribution < -0.4 is 0 Å². The number of hydrogen-bond donors (Lipinski definition) is 1. The fraction of sp³-hybridized carbons (Fsp3) is 0.133. The van der Waals surface area contributed by atoms with Gasteiger partial charge >= 0.3 is 5.97 Å². The molecule has 4 heteroatoms. The number of benzene rings is 2. The lowest BCUT2D eigenvalue weighted by Crippen LogP contribution is -2.03. The number of aromatic carboxylic acids is 1. The topological polar surface area (TPSA) is 37.3 Å². The number of carboxylic acids is 1. The third kappa shape index (κ3) is 3.72. The molecule has 0 bridgehead atoms. The first-order chi connectivity index (χ1) is 9.06. The van der Waals surface area contributed by atoms with Gasteiger partial charge in [0.15, 0.2) is 0 Å². The molecule has 0 aliphatic carbocycles. The second-order valence-electron chi connectivity index (χ2n) is 4.24. The van der Waals surface area contributed by atoms with E-state index < -0.39 is 5.97 Å². The summed E-state index contributed by atoms with van der Waals surface area (Å²) in [4.78, 5) is 11.1. The molecule has 0 spiro atoms. The molecule has 0 saturated carbocycles. The Bertz CT molecular complexity index is 609. The predicted molar refractivity (Wildman–Crippen MR) is 77.3 cm³/mol. The molecule has 0 aliphatic rings. The van der Waals surface area contributed by atoms with E-state index in [0.717, 1.165) is 17.5 Å². The van der Waals surface area contributed by atoms with E-state index in [4.69, 9.17) is 28.3 Å². The number of hydrogen-bond acceptors (Lipinski definition) is 1. The van der Waals surface area contributed by atoms with Crippen LogP contribution in [0.3, 0.4) is 0 Å². The Labute approximate surface area is 121 Å². The zero-order chi connectivity index (χ0) is 13.8. The van der Waals surface area contributed by atoms with Crippen LogP contribution in [0, 0.1) is 0 Å². The summed E-state index contributed by atoms with van der Waals surface area (Å²) in [6, 6.07) is 12.4. The Hall–Kier alpha value is -1.51. The third-order valence-electron chi connectivity index (χ3n) is 2.87. The van der Waals surface area contributed by atoms with Crippen molar-refractivity contribution in [1.82, 2.24) is 0 Å². The summed E-state index contributed by atoms with van der Waals surface area (Å²) >= 11 is 11.8. The molecule has 0 radical (unpaired) electrons. The van der Waals surface area contributed by atoms with Gasteiger partial charge in [-0.1, -0.05) is 35.3 Å².